The molecule has 1 heterocycles. The minimum atomic E-state index is -1.81. The fourth-order valence-electron chi connectivity index (χ4n) is 5.44. The van der Waals surface area contributed by atoms with Crippen LogP contribution in [0.15, 0.2) is 54.7 Å². The maximum absolute atomic E-state index is 11.6. The van der Waals surface area contributed by atoms with E-state index < -0.39 is 8.32 Å². The van der Waals surface area contributed by atoms with Crippen LogP contribution in [0.4, 0.5) is 0 Å². The summed E-state index contributed by atoms with van der Waals surface area (Å²) >= 11 is 0. The summed E-state index contributed by atoms with van der Waals surface area (Å²) in [6.45, 7) is 17.5. The van der Waals surface area contributed by atoms with E-state index in [1.165, 1.54) is 40.8 Å². The number of hydrogen-bond donors (Lipinski definition) is 0. The summed E-state index contributed by atoms with van der Waals surface area (Å²) in [5.74, 6) is -0.328. The molecule has 4 rings (SSSR count). The highest BCUT2D eigenvalue weighted by atomic mass is 28.4. The first-order valence-corrected chi connectivity index (χ1v) is 17.3. The van der Waals surface area contributed by atoms with Crippen LogP contribution in [-0.2, 0) is 33.3 Å². The van der Waals surface area contributed by atoms with Gasteiger partial charge >= 0.3 is 5.97 Å². The molecule has 5 nitrogen and oxygen atoms in total. The van der Waals surface area contributed by atoms with Gasteiger partial charge in [-0.05, 0) is 78.7 Å². The van der Waals surface area contributed by atoms with Crippen molar-refractivity contribution in [2.75, 3.05) is 26.8 Å². The highest BCUT2D eigenvalue weighted by molar-refractivity contribution is 6.74. The van der Waals surface area contributed by atoms with Gasteiger partial charge in [-0.25, -0.2) is 4.79 Å². The van der Waals surface area contributed by atoms with Gasteiger partial charge in [-0.1, -0.05) is 57.2 Å². The normalized spacial score (nSPS) is 15.9. The molecule has 210 valence electrons. The molecule has 0 aliphatic heterocycles. The molecular formula is C33H46N2O3Si. The Labute approximate surface area is 235 Å². The van der Waals surface area contributed by atoms with Gasteiger partial charge < -0.3 is 13.7 Å². The minimum absolute atomic E-state index is 0.202. The van der Waals surface area contributed by atoms with Crippen molar-refractivity contribution >= 4 is 31.3 Å². The Morgan fingerprint density at radius 1 is 1.15 bits per heavy atom. The first kappa shape index (κ1) is 29.3. The van der Waals surface area contributed by atoms with Crippen LogP contribution in [0.1, 0.15) is 62.4 Å². The predicted molar refractivity (Wildman–Crippen MR) is 165 cm³/mol. The van der Waals surface area contributed by atoms with Crippen LogP contribution in [0.2, 0.25) is 18.1 Å². The van der Waals surface area contributed by atoms with E-state index in [9.17, 15) is 4.79 Å². The van der Waals surface area contributed by atoms with E-state index in [-0.39, 0.29) is 11.0 Å². The van der Waals surface area contributed by atoms with Gasteiger partial charge in [0.2, 0.25) is 0 Å². The second kappa shape index (κ2) is 12.2. The van der Waals surface area contributed by atoms with Gasteiger partial charge in [-0.15, -0.1) is 0 Å². The van der Waals surface area contributed by atoms with Crippen molar-refractivity contribution in [2.45, 2.75) is 77.7 Å². The number of carbonyl (C=O) groups excluding carboxylic acids is 1. The Balaban J connectivity index is 1.55. The molecule has 6 heteroatoms. The molecule has 0 N–H and O–H groups in total. The third kappa shape index (κ3) is 6.74. The zero-order valence-electron chi connectivity index (χ0n) is 24.9. The quantitative estimate of drug-likeness (QED) is 0.143. The number of nitrogens with zero attached hydrogens (tertiary/aromatic N) is 2. The molecular weight excluding hydrogens is 500 g/mol. The molecule has 0 radical (unpaired) electrons. The van der Waals surface area contributed by atoms with Crippen LogP contribution in [0.25, 0.3) is 17.0 Å². The second-order valence-corrected chi connectivity index (χ2v) is 17.0. The molecule has 1 aliphatic rings. The van der Waals surface area contributed by atoms with Crippen LogP contribution in [-0.4, -0.2) is 50.6 Å². The zero-order chi connectivity index (χ0) is 28.2. The highest BCUT2D eigenvalue weighted by Crippen LogP contribution is 2.38. The van der Waals surface area contributed by atoms with E-state index >= 15 is 0 Å². The molecule has 0 fully saturated rings. The average molecular weight is 547 g/mol. The van der Waals surface area contributed by atoms with Gasteiger partial charge in [0.25, 0.3) is 0 Å². The van der Waals surface area contributed by atoms with Crippen LogP contribution in [0.5, 0.6) is 0 Å². The van der Waals surface area contributed by atoms with E-state index in [0.717, 1.165) is 51.1 Å². The lowest BCUT2D eigenvalue weighted by atomic mass is 10.0. The standard InChI is InChI=1S/C33H46N2O3Si/c1-8-34-24-27(28-11-9-10-12-30(28)34)19-20-35(21-22-38-39(6,7)33(2,3)4)31-17-15-26-23-25(13-16-29(26)31)14-18-32(36)37-5/h9-14,16,18,23-24,31H,8,15,17,19-22H2,1-7H3/b18-14+. The molecule has 2 aromatic carbocycles. The monoisotopic (exact) mass is 546 g/mol. The number of methoxy groups -OCH3 is 1. The highest BCUT2D eigenvalue weighted by Gasteiger charge is 2.37. The summed E-state index contributed by atoms with van der Waals surface area (Å²) in [5, 5.41) is 1.57. The Bertz CT molecular complexity index is 1320. The fraction of sp³-hybridized carbons (Fsp3) is 0.485. The molecule has 0 saturated heterocycles. The average Bonchev–Trinajstić information content (AvgIpc) is 3.49. The summed E-state index contributed by atoms with van der Waals surface area (Å²) < 4.78 is 13.8. The lowest BCUT2D eigenvalue weighted by Crippen LogP contribution is -2.43. The molecule has 39 heavy (non-hydrogen) atoms. The van der Waals surface area contributed by atoms with Crippen LogP contribution in [0.3, 0.4) is 0 Å². The SMILES string of the molecule is CCn1cc(CCN(CCO[Si](C)(C)C(C)(C)C)C2CCc3cc(/C=C/C(=O)OC)ccc32)c2ccccc21. The van der Waals surface area contributed by atoms with Crippen LogP contribution in [0, 0.1) is 0 Å². The predicted octanol–water partition coefficient (Wildman–Crippen LogP) is 7.40. The van der Waals surface area contributed by atoms with Crippen molar-refractivity contribution < 1.29 is 14.0 Å². The van der Waals surface area contributed by atoms with Gasteiger partial charge in [0.15, 0.2) is 8.32 Å². The summed E-state index contributed by atoms with van der Waals surface area (Å²) in [5.41, 5.74) is 6.57. The number of fused-ring (bicyclic) bond motifs is 2. The third-order valence-electron chi connectivity index (χ3n) is 8.79. The molecule has 0 saturated carbocycles. The Morgan fingerprint density at radius 2 is 1.92 bits per heavy atom. The molecule has 0 bridgehead atoms. The fourth-order valence-corrected chi connectivity index (χ4v) is 6.47. The van der Waals surface area contributed by atoms with Crippen molar-refractivity contribution in [3.8, 4) is 0 Å². The maximum Gasteiger partial charge on any atom is 0.330 e. The number of ether oxygens (including phenoxy) is 1. The Morgan fingerprint density at radius 3 is 2.64 bits per heavy atom. The minimum Gasteiger partial charge on any atom is -0.466 e. The van der Waals surface area contributed by atoms with E-state index in [1.54, 1.807) is 0 Å². The zero-order valence-corrected chi connectivity index (χ0v) is 25.9. The van der Waals surface area contributed by atoms with E-state index in [4.69, 9.17) is 9.16 Å². The summed E-state index contributed by atoms with van der Waals surface area (Å²) in [4.78, 5) is 14.2. The molecule has 1 unspecified atom stereocenters. The van der Waals surface area contributed by atoms with Crippen molar-refractivity contribution in [2.24, 2.45) is 0 Å². The van der Waals surface area contributed by atoms with Crippen LogP contribution >= 0.6 is 0 Å². The van der Waals surface area contributed by atoms with Gasteiger partial charge in [0.05, 0.1) is 7.11 Å². The lowest BCUT2D eigenvalue weighted by molar-refractivity contribution is -0.134. The maximum atomic E-state index is 11.6. The molecule has 1 aromatic heterocycles. The smallest absolute Gasteiger partial charge is 0.330 e. The van der Waals surface area contributed by atoms with Crippen LogP contribution < -0.4 is 0 Å². The van der Waals surface area contributed by atoms with E-state index in [2.05, 4.69) is 98.9 Å². The summed E-state index contributed by atoms with van der Waals surface area (Å²) in [7, 11) is -0.406. The van der Waals surface area contributed by atoms with Crippen molar-refractivity contribution in [3.05, 3.63) is 77.0 Å². The van der Waals surface area contributed by atoms with Crippen molar-refractivity contribution in [3.63, 3.8) is 0 Å². The number of esters is 1. The first-order valence-electron chi connectivity index (χ1n) is 14.4. The number of benzene rings is 2. The first-order chi connectivity index (χ1) is 18.5. The van der Waals surface area contributed by atoms with Gasteiger partial charge in [-0.3, -0.25) is 4.90 Å². The summed E-state index contributed by atoms with van der Waals surface area (Å²) in [6.07, 6.45) is 8.85. The Hall–Kier alpha value is -2.67. The second-order valence-electron chi connectivity index (χ2n) is 12.2. The Kier molecular flexibility index (Phi) is 9.20. The molecule has 0 amide bonds. The van der Waals surface area contributed by atoms with E-state index in [1.807, 2.05) is 6.08 Å². The van der Waals surface area contributed by atoms with Gasteiger partial charge in [0, 0.05) is 55.5 Å². The number of aryl methyl sites for hydroxylation is 2. The lowest BCUT2D eigenvalue weighted by Gasteiger charge is -2.37. The number of para-hydroxylation sites is 1. The number of carbonyl (C=O) groups is 1. The van der Waals surface area contributed by atoms with Gasteiger partial charge in [0.1, 0.15) is 0 Å². The third-order valence-corrected chi connectivity index (χ3v) is 13.3. The van der Waals surface area contributed by atoms with Crippen molar-refractivity contribution in [1.29, 1.82) is 0 Å². The molecule has 0 spiro atoms. The summed E-state index contributed by atoms with van der Waals surface area (Å²) in [6, 6.07) is 15.8. The number of aromatic nitrogens is 1. The van der Waals surface area contributed by atoms with Crippen molar-refractivity contribution in [1.82, 2.24) is 9.47 Å². The molecule has 1 aliphatic carbocycles. The topological polar surface area (TPSA) is 43.7 Å². The number of rotatable bonds is 11. The number of hydrogen-bond acceptors (Lipinski definition) is 4. The molecule has 3 aromatic rings. The molecule has 1 atom stereocenters. The van der Waals surface area contributed by atoms with E-state index in [0.29, 0.717) is 6.04 Å². The largest absolute Gasteiger partial charge is 0.466 e. The van der Waals surface area contributed by atoms with Gasteiger partial charge in [-0.2, -0.15) is 0 Å².